The van der Waals surface area contributed by atoms with E-state index in [9.17, 15) is 0 Å². The Hall–Kier alpha value is -1.78. The molecular formula is C16H17N3S. The summed E-state index contributed by atoms with van der Waals surface area (Å²) in [6, 6.07) is 10.3. The van der Waals surface area contributed by atoms with Gasteiger partial charge in [0.05, 0.1) is 5.69 Å². The smallest absolute Gasteiger partial charge is 0.142 e. The number of pyridine rings is 1. The van der Waals surface area contributed by atoms with Crippen LogP contribution in [0, 0.1) is 0 Å². The van der Waals surface area contributed by atoms with Gasteiger partial charge in [-0.3, -0.25) is 4.98 Å². The lowest BCUT2D eigenvalue weighted by atomic mass is 10.1. The lowest BCUT2D eigenvalue weighted by Crippen LogP contribution is -2.13. The van der Waals surface area contributed by atoms with Gasteiger partial charge in [-0.1, -0.05) is 31.2 Å². The average Bonchev–Trinajstić information content (AvgIpc) is 2.96. The molecule has 0 aliphatic heterocycles. The molecule has 0 aliphatic rings. The molecule has 0 unspecified atom stereocenters. The molecule has 0 bridgehead atoms. The number of rotatable bonds is 5. The highest BCUT2D eigenvalue weighted by Gasteiger charge is 2.09. The van der Waals surface area contributed by atoms with E-state index in [1.54, 1.807) is 11.3 Å². The molecule has 1 N–H and O–H groups in total. The van der Waals surface area contributed by atoms with Crippen molar-refractivity contribution < 1.29 is 0 Å². The lowest BCUT2D eigenvalue weighted by Gasteiger charge is -2.02. The molecule has 3 nitrogen and oxygen atoms in total. The predicted molar refractivity (Wildman–Crippen MR) is 84.8 cm³/mol. The molecule has 3 rings (SSSR count). The first-order valence-corrected chi connectivity index (χ1v) is 7.75. The zero-order valence-corrected chi connectivity index (χ0v) is 12.3. The molecule has 0 saturated heterocycles. The molecule has 0 saturated carbocycles. The van der Waals surface area contributed by atoms with Crippen LogP contribution in [0.15, 0.2) is 41.9 Å². The first-order chi connectivity index (χ1) is 9.88. The van der Waals surface area contributed by atoms with E-state index in [4.69, 9.17) is 4.98 Å². The second-order valence-electron chi connectivity index (χ2n) is 4.70. The third kappa shape index (κ3) is 2.71. The van der Waals surface area contributed by atoms with Crippen LogP contribution in [0.3, 0.4) is 0 Å². The summed E-state index contributed by atoms with van der Waals surface area (Å²) in [5.41, 5.74) is 2.07. The minimum Gasteiger partial charge on any atom is -0.311 e. The van der Waals surface area contributed by atoms with Crippen molar-refractivity contribution >= 4 is 22.1 Å². The summed E-state index contributed by atoms with van der Waals surface area (Å²) in [6.07, 6.45) is 3.00. The van der Waals surface area contributed by atoms with E-state index >= 15 is 0 Å². The quantitative estimate of drug-likeness (QED) is 0.723. The van der Waals surface area contributed by atoms with Gasteiger partial charge in [-0.15, -0.1) is 11.3 Å². The van der Waals surface area contributed by atoms with Crippen LogP contribution in [-0.4, -0.2) is 16.5 Å². The van der Waals surface area contributed by atoms with Gasteiger partial charge in [-0.05, 0) is 24.4 Å². The third-order valence-corrected chi connectivity index (χ3v) is 4.06. The van der Waals surface area contributed by atoms with Crippen LogP contribution in [0.25, 0.3) is 21.5 Å². The number of hydrogen-bond acceptors (Lipinski definition) is 4. The van der Waals surface area contributed by atoms with Gasteiger partial charge >= 0.3 is 0 Å². The molecule has 4 heteroatoms. The minimum absolute atomic E-state index is 0.828. The number of nitrogens with zero attached hydrogens (tertiary/aromatic N) is 2. The van der Waals surface area contributed by atoms with Gasteiger partial charge in [0.15, 0.2) is 0 Å². The van der Waals surface area contributed by atoms with Gasteiger partial charge in [0.1, 0.15) is 10.7 Å². The number of benzene rings is 1. The molecule has 0 aliphatic carbocycles. The number of thiazole rings is 1. The van der Waals surface area contributed by atoms with Crippen LogP contribution in [0.4, 0.5) is 0 Å². The highest BCUT2D eigenvalue weighted by Crippen LogP contribution is 2.28. The molecule has 0 amide bonds. The maximum Gasteiger partial charge on any atom is 0.142 e. The largest absolute Gasteiger partial charge is 0.311 e. The first kappa shape index (κ1) is 13.2. The zero-order valence-electron chi connectivity index (χ0n) is 11.5. The lowest BCUT2D eigenvalue weighted by molar-refractivity contribution is 0.667. The molecule has 3 aromatic rings. The van der Waals surface area contributed by atoms with E-state index in [1.165, 1.54) is 5.39 Å². The molecule has 0 radical (unpaired) electrons. The summed E-state index contributed by atoms with van der Waals surface area (Å²) in [7, 11) is 0. The standard InChI is InChI=1S/C16H17N3S/c1-2-8-17-10-13-11-20-16(19-13)15-14-6-4-3-5-12(14)7-9-18-15/h3-7,9,11,17H,2,8,10H2,1H3. The fourth-order valence-electron chi connectivity index (χ4n) is 2.18. The number of hydrogen-bond donors (Lipinski definition) is 1. The maximum atomic E-state index is 4.70. The zero-order chi connectivity index (χ0) is 13.8. The Labute approximate surface area is 122 Å². The Balaban J connectivity index is 1.91. The average molecular weight is 283 g/mol. The fraction of sp³-hybridized carbons (Fsp3) is 0.250. The summed E-state index contributed by atoms with van der Waals surface area (Å²) >= 11 is 1.66. The molecule has 0 atom stereocenters. The number of fused-ring (bicyclic) bond motifs is 1. The van der Waals surface area contributed by atoms with Crippen molar-refractivity contribution in [2.75, 3.05) is 6.54 Å². The van der Waals surface area contributed by atoms with Crippen LogP contribution in [0.5, 0.6) is 0 Å². The van der Waals surface area contributed by atoms with Crippen molar-refractivity contribution in [2.24, 2.45) is 0 Å². The van der Waals surface area contributed by atoms with Crippen LogP contribution >= 0.6 is 11.3 Å². The van der Waals surface area contributed by atoms with E-state index in [-0.39, 0.29) is 0 Å². The van der Waals surface area contributed by atoms with E-state index in [0.29, 0.717) is 0 Å². The monoisotopic (exact) mass is 283 g/mol. The number of aromatic nitrogens is 2. The Bertz CT molecular complexity index is 700. The van der Waals surface area contributed by atoms with Crippen molar-refractivity contribution in [2.45, 2.75) is 19.9 Å². The SMILES string of the molecule is CCCNCc1csc(-c2nccc3ccccc23)n1. The highest BCUT2D eigenvalue weighted by atomic mass is 32.1. The van der Waals surface area contributed by atoms with Crippen molar-refractivity contribution in [3.05, 3.63) is 47.6 Å². The molecule has 2 aromatic heterocycles. The summed E-state index contributed by atoms with van der Waals surface area (Å²) in [5.74, 6) is 0. The molecule has 0 fully saturated rings. The third-order valence-electron chi connectivity index (χ3n) is 3.16. The van der Waals surface area contributed by atoms with Crippen LogP contribution in [0.2, 0.25) is 0 Å². The van der Waals surface area contributed by atoms with Crippen LogP contribution in [0.1, 0.15) is 19.0 Å². The van der Waals surface area contributed by atoms with Gasteiger partial charge in [0.25, 0.3) is 0 Å². The minimum atomic E-state index is 0.828. The summed E-state index contributed by atoms with van der Waals surface area (Å²) in [4.78, 5) is 9.21. The molecule has 0 spiro atoms. The second kappa shape index (κ2) is 6.11. The van der Waals surface area contributed by atoms with Gasteiger partial charge in [-0.2, -0.15) is 0 Å². The van der Waals surface area contributed by atoms with Crippen molar-refractivity contribution in [1.82, 2.24) is 15.3 Å². The topological polar surface area (TPSA) is 37.8 Å². The van der Waals surface area contributed by atoms with E-state index in [1.807, 2.05) is 24.4 Å². The normalized spacial score (nSPS) is 11.1. The van der Waals surface area contributed by atoms with Gasteiger partial charge in [-0.25, -0.2) is 4.98 Å². The van der Waals surface area contributed by atoms with Gasteiger partial charge in [0.2, 0.25) is 0 Å². The molecule has 1 aromatic carbocycles. The van der Waals surface area contributed by atoms with E-state index in [0.717, 1.165) is 41.3 Å². The highest BCUT2D eigenvalue weighted by molar-refractivity contribution is 7.13. The second-order valence-corrected chi connectivity index (χ2v) is 5.56. The maximum absolute atomic E-state index is 4.70. The van der Waals surface area contributed by atoms with Gasteiger partial charge in [0, 0.05) is 23.5 Å². The molecule has 2 heterocycles. The Morgan fingerprint density at radius 3 is 3.00 bits per heavy atom. The van der Waals surface area contributed by atoms with Crippen molar-refractivity contribution in [3.63, 3.8) is 0 Å². The fourth-order valence-corrected chi connectivity index (χ4v) is 3.01. The Kier molecular flexibility index (Phi) is 4.04. The molecule has 20 heavy (non-hydrogen) atoms. The van der Waals surface area contributed by atoms with Crippen LogP contribution < -0.4 is 5.32 Å². The summed E-state index contributed by atoms with van der Waals surface area (Å²) < 4.78 is 0. The van der Waals surface area contributed by atoms with E-state index < -0.39 is 0 Å². The van der Waals surface area contributed by atoms with Crippen LogP contribution in [-0.2, 0) is 6.54 Å². The Morgan fingerprint density at radius 2 is 2.10 bits per heavy atom. The predicted octanol–water partition coefficient (Wildman–Crippen LogP) is 3.86. The molecular weight excluding hydrogens is 266 g/mol. The summed E-state index contributed by atoms with van der Waals surface area (Å²) in [5, 5.41) is 8.86. The Morgan fingerprint density at radius 1 is 1.20 bits per heavy atom. The molecule has 102 valence electrons. The number of nitrogens with one attached hydrogen (secondary N) is 1. The van der Waals surface area contributed by atoms with Crippen molar-refractivity contribution in [1.29, 1.82) is 0 Å². The van der Waals surface area contributed by atoms with E-state index in [2.05, 4.69) is 34.7 Å². The first-order valence-electron chi connectivity index (χ1n) is 6.87. The van der Waals surface area contributed by atoms with Gasteiger partial charge < -0.3 is 5.32 Å². The van der Waals surface area contributed by atoms with Crippen molar-refractivity contribution in [3.8, 4) is 10.7 Å². The summed E-state index contributed by atoms with van der Waals surface area (Å²) in [6.45, 7) is 4.02.